The Morgan fingerprint density at radius 1 is 0.714 bits per heavy atom. The molecular weight excluding hydrogens is 272 g/mol. The summed E-state index contributed by atoms with van der Waals surface area (Å²) in [4.78, 5) is 25.1. The number of hydrogen-bond acceptors (Lipinski definition) is 6. The van der Waals surface area contributed by atoms with E-state index in [4.69, 9.17) is 46.0 Å². The van der Waals surface area contributed by atoms with Crippen LogP contribution in [0.2, 0.25) is 0 Å². The molecule has 0 spiro atoms. The first-order chi connectivity index (χ1) is 5.20. The molecular formula is H5GaN3O10. The number of hydrogen-bond donors (Lipinski definition) is 3. The van der Waals surface area contributed by atoms with Crippen molar-refractivity contribution in [3.63, 3.8) is 0 Å². The molecule has 0 unspecified atom stereocenters. The van der Waals surface area contributed by atoms with Crippen molar-refractivity contribution in [2.24, 2.45) is 0 Å². The van der Waals surface area contributed by atoms with Crippen LogP contribution in [0.1, 0.15) is 0 Å². The van der Waals surface area contributed by atoms with Crippen LogP contribution >= 0.6 is 0 Å². The maximum Gasteiger partial charge on any atom is 0.291 e. The molecule has 3 radical (unpaired) electrons. The van der Waals surface area contributed by atoms with Crippen LogP contribution < -0.4 is 0 Å². The minimum Gasteiger partial charge on any atom is -0.412 e. The smallest absolute Gasteiger partial charge is 0.291 e. The first-order valence-electron chi connectivity index (χ1n) is 1.70. The van der Waals surface area contributed by atoms with Crippen molar-refractivity contribution in [2.75, 3.05) is 0 Å². The van der Waals surface area contributed by atoms with E-state index in [0.717, 1.165) is 0 Å². The SMILES string of the molecule is O.O=[N+]([O-])O.O=[N+]([O-])O.O=[N+]([O-])O.[Ga]. The Morgan fingerprint density at radius 3 is 0.714 bits per heavy atom. The van der Waals surface area contributed by atoms with Gasteiger partial charge in [0.25, 0.3) is 15.3 Å². The van der Waals surface area contributed by atoms with E-state index in [1.165, 1.54) is 0 Å². The maximum atomic E-state index is 8.36. The second kappa shape index (κ2) is 22.5. The van der Waals surface area contributed by atoms with E-state index in [0.29, 0.717) is 0 Å². The minimum atomic E-state index is -1.50. The zero-order valence-corrected chi connectivity index (χ0v) is 8.63. The van der Waals surface area contributed by atoms with Crippen LogP contribution in [0.3, 0.4) is 0 Å². The molecule has 0 rings (SSSR count). The standard InChI is InChI=1S/Ga.3HNO3.H2O/c;3*2-1(3)4;/h;3*(H,2,3,4);1H2. The second-order valence-corrected chi connectivity index (χ2v) is 0.714. The number of rotatable bonds is 0. The first-order valence-corrected chi connectivity index (χ1v) is 1.70. The predicted octanol–water partition coefficient (Wildman–Crippen LogP) is -2.25. The number of nitrogens with zero attached hydrogens (tertiary/aromatic N) is 3. The topological polar surface area (TPSA) is 222 Å². The molecule has 0 aliphatic rings. The molecule has 5 N–H and O–H groups in total. The quantitative estimate of drug-likeness (QED) is 0.246. The van der Waals surface area contributed by atoms with Gasteiger partial charge in [-0.05, 0) is 0 Å². The van der Waals surface area contributed by atoms with E-state index in [1.807, 2.05) is 0 Å². The molecule has 0 aromatic rings. The van der Waals surface area contributed by atoms with Crippen molar-refractivity contribution in [2.45, 2.75) is 0 Å². The molecule has 0 fully saturated rings. The molecule has 14 heteroatoms. The van der Waals surface area contributed by atoms with Gasteiger partial charge < -0.3 is 21.1 Å². The third-order valence-corrected chi connectivity index (χ3v) is 0. The van der Waals surface area contributed by atoms with Gasteiger partial charge in [0.2, 0.25) is 0 Å². The normalized spacial score (nSPS) is 5.14. The molecule has 83 valence electrons. The second-order valence-electron chi connectivity index (χ2n) is 0.714. The Hall–Kier alpha value is -1.80. The van der Waals surface area contributed by atoms with Crippen molar-refractivity contribution >= 4 is 19.8 Å². The minimum absolute atomic E-state index is 0. The van der Waals surface area contributed by atoms with Crippen molar-refractivity contribution in [1.29, 1.82) is 0 Å². The fraction of sp³-hybridized carbons (Fsp3) is 0. The summed E-state index contributed by atoms with van der Waals surface area (Å²) in [5.74, 6) is 0. The Bertz CT molecular complexity index is 113. The maximum absolute atomic E-state index is 8.36. The monoisotopic (exact) mass is 276 g/mol. The zero-order chi connectivity index (χ0) is 10.7. The molecule has 0 amide bonds. The van der Waals surface area contributed by atoms with Crippen LogP contribution in [0.25, 0.3) is 0 Å². The average Bonchev–Trinajstić information content (AvgIpc) is 1.54. The first kappa shape index (κ1) is 29.5. The molecule has 0 heterocycles. The van der Waals surface area contributed by atoms with Gasteiger partial charge in [0.1, 0.15) is 0 Å². The Labute approximate surface area is 87.3 Å². The molecule has 0 bridgehead atoms. The molecule has 0 aliphatic carbocycles. The largest absolute Gasteiger partial charge is 0.412 e. The van der Waals surface area contributed by atoms with Gasteiger partial charge in [-0.2, -0.15) is 0 Å². The van der Waals surface area contributed by atoms with E-state index in [2.05, 4.69) is 0 Å². The fourth-order valence-electron chi connectivity index (χ4n) is 0. The Kier molecular flexibility index (Phi) is 47.4. The summed E-state index contributed by atoms with van der Waals surface area (Å²) in [6, 6.07) is 0. The van der Waals surface area contributed by atoms with Gasteiger partial charge in [0, 0.05) is 19.8 Å². The Morgan fingerprint density at radius 2 is 0.714 bits per heavy atom. The van der Waals surface area contributed by atoms with Crippen LogP contribution in [0.5, 0.6) is 0 Å². The van der Waals surface area contributed by atoms with Crippen molar-refractivity contribution in [1.82, 2.24) is 0 Å². The molecule has 0 saturated heterocycles. The van der Waals surface area contributed by atoms with Crippen LogP contribution in [-0.4, -0.2) is 56.1 Å². The van der Waals surface area contributed by atoms with E-state index in [9.17, 15) is 0 Å². The van der Waals surface area contributed by atoms with Crippen LogP contribution in [0, 0.1) is 30.3 Å². The van der Waals surface area contributed by atoms with Crippen LogP contribution in [0.15, 0.2) is 0 Å². The van der Waals surface area contributed by atoms with Gasteiger partial charge in [-0.3, -0.25) is 0 Å². The molecule has 14 heavy (non-hydrogen) atoms. The summed E-state index contributed by atoms with van der Waals surface area (Å²) in [6.45, 7) is 0. The summed E-state index contributed by atoms with van der Waals surface area (Å²) >= 11 is 0. The molecule has 0 saturated carbocycles. The van der Waals surface area contributed by atoms with Crippen molar-refractivity contribution in [3.05, 3.63) is 30.3 Å². The molecule has 0 aliphatic heterocycles. The third-order valence-electron chi connectivity index (χ3n) is 0. The Balaban J connectivity index is -0.0000000270. The zero-order valence-electron chi connectivity index (χ0n) is 6.21. The van der Waals surface area contributed by atoms with E-state index >= 15 is 0 Å². The average molecular weight is 277 g/mol. The molecule has 0 aromatic carbocycles. The van der Waals surface area contributed by atoms with Crippen LogP contribution in [-0.2, 0) is 0 Å². The van der Waals surface area contributed by atoms with Crippen molar-refractivity contribution < 1.29 is 36.4 Å². The third kappa shape index (κ3) is 265. The van der Waals surface area contributed by atoms with Gasteiger partial charge in [0.15, 0.2) is 0 Å². The van der Waals surface area contributed by atoms with Gasteiger partial charge in [-0.15, -0.1) is 30.3 Å². The summed E-state index contributed by atoms with van der Waals surface area (Å²) in [6.07, 6.45) is 0. The van der Waals surface area contributed by atoms with Crippen molar-refractivity contribution in [3.8, 4) is 0 Å². The molecule has 0 aromatic heterocycles. The summed E-state index contributed by atoms with van der Waals surface area (Å²) < 4.78 is 0. The molecule has 0 atom stereocenters. The fourth-order valence-corrected chi connectivity index (χ4v) is 0. The predicted molar refractivity (Wildman–Crippen MR) is 35.7 cm³/mol. The van der Waals surface area contributed by atoms with Gasteiger partial charge in [0.05, 0.1) is 0 Å². The van der Waals surface area contributed by atoms with E-state index < -0.39 is 15.3 Å². The van der Waals surface area contributed by atoms with Gasteiger partial charge in [-0.1, -0.05) is 0 Å². The van der Waals surface area contributed by atoms with Gasteiger partial charge in [-0.25, -0.2) is 0 Å². The van der Waals surface area contributed by atoms with Crippen LogP contribution in [0.4, 0.5) is 0 Å². The summed E-state index contributed by atoms with van der Waals surface area (Å²) in [5, 5.41) is 40.9. The molecule has 13 nitrogen and oxygen atoms in total. The summed E-state index contributed by atoms with van der Waals surface area (Å²) in [7, 11) is 0. The van der Waals surface area contributed by atoms with Gasteiger partial charge >= 0.3 is 0 Å². The summed E-state index contributed by atoms with van der Waals surface area (Å²) in [5.41, 5.74) is 0. The van der Waals surface area contributed by atoms with E-state index in [-0.39, 0.29) is 25.3 Å². The van der Waals surface area contributed by atoms with E-state index in [1.54, 1.807) is 0 Å².